The van der Waals surface area contributed by atoms with Gasteiger partial charge in [0.15, 0.2) is 11.5 Å². The van der Waals surface area contributed by atoms with E-state index in [9.17, 15) is 13.2 Å². The number of alkyl halides is 3. The molecular formula is C34H304F3N3O3. The number of nitrogens with two attached hydrogens (primary N) is 1. The molecule has 0 spiro atoms. The van der Waals surface area contributed by atoms with Crippen LogP contribution >= 0.6 is 0 Å². The van der Waals surface area contributed by atoms with Crippen LogP contribution in [0.4, 0.5) is 18.9 Å². The lowest BCUT2D eigenvalue weighted by molar-refractivity contribution is -0.137. The summed E-state index contributed by atoms with van der Waals surface area (Å²) in [6.07, 6.45) is -3.17. The Morgan fingerprint density at radius 2 is 1.70 bits per heavy atom. The van der Waals surface area contributed by atoms with Gasteiger partial charge in [0.2, 0.25) is 5.88 Å². The Hall–Kier alpha value is -3.20. The van der Waals surface area contributed by atoms with Crippen molar-refractivity contribution in [2.75, 3.05) is 25.6 Å². The molecule has 0 aliphatic carbocycles. The number of ether oxygens (including phenoxy) is 3. The molecule has 3 aromatic rings. The number of aromatic nitrogens is 1. The quantitative estimate of drug-likeness (QED) is 0.196. The van der Waals surface area contributed by atoms with Crippen molar-refractivity contribution in [3.05, 3.63) is 46.5 Å². The van der Waals surface area contributed by atoms with E-state index in [1.807, 2.05) is 40.8 Å². The lowest BCUT2D eigenvalue weighted by Crippen LogP contribution is -2.50. The van der Waals surface area contributed by atoms with Crippen LogP contribution in [0, 0.1) is 25.7 Å². The molecule has 6 nitrogen and oxygen atoms in total. The Morgan fingerprint density at radius 3 is 2.21 bits per heavy atom. The number of benzene rings is 2. The molecule has 43 heavy (non-hydrogen) atoms. The van der Waals surface area contributed by atoms with Gasteiger partial charge in [-0.25, -0.2) is 4.98 Å². The van der Waals surface area contributed by atoms with E-state index in [0.717, 1.165) is 35.4 Å². The third-order valence-corrected chi connectivity index (χ3v) is 8.67. The van der Waals surface area contributed by atoms with E-state index >= 15 is 0 Å². The van der Waals surface area contributed by atoms with Gasteiger partial charge in [-0.3, -0.25) is 0 Å². The number of rotatable bonds is 12. The normalized spacial score (nSPS) is 14.3. The van der Waals surface area contributed by atoms with Crippen molar-refractivity contribution >= 4 is 16.6 Å². The standard InChI is InChI=1S/C34H48F3N3O3.128H2/c1-12-25-23(8)32(42-20(4)5)39-30-26(40(10)33(9,19(2)3)17-21(6)18-38)16-28(41-11)31(29(25)30)43-27-15-24(34(35,36)37)14-13-22(27)7;;;;;;;;;;;;;;;;;;;;;;;;;;;;;;;;;;;;;;;;;;;;;;;;;;;;;;;;;;;;;;;;;;;;;;;;;;;;;;;;;;;;;;;;;;;;;;;;;;;;;;;;;;;;;;;;;;;;;;;;;;;;;;;;/h13-16,19-21H,12,17-18,38H2,1-11H3;128*1H. The zero-order valence-corrected chi connectivity index (χ0v) is 27.5. The highest BCUT2D eigenvalue weighted by atomic mass is 19.4. The minimum absolute atomic E-state index is 0. The van der Waals surface area contributed by atoms with Crippen LogP contribution in [0.25, 0.3) is 10.9 Å². The van der Waals surface area contributed by atoms with Gasteiger partial charge >= 0.3 is 6.18 Å². The van der Waals surface area contributed by atoms with E-state index in [4.69, 9.17) is 24.9 Å². The van der Waals surface area contributed by atoms with Crippen LogP contribution in [0.1, 0.15) is 260 Å². The smallest absolute Gasteiger partial charge is 0.416 e. The van der Waals surface area contributed by atoms with Gasteiger partial charge in [0.05, 0.1) is 29.9 Å². The third-order valence-electron chi connectivity index (χ3n) is 8.67. The summed E-state index contributed by atoms with van der Waals surface area (Å²) in [6, 6.07) is 5.38. The SMILES string of the molecule is CCc1c(C)c(OC(C)C)nc2c(N(C)C(C)(CC(C)CN)C(C)C)cc(OC)c(Oc3cc(C(F)(F)F)ccc3C)c12.[HH].[HH].[HH].[HH].[HH].[HH].[HH].[HH].[HH].[HH].[HH].[HH].[HH].[HH].[HH].[HH].[HH].[HH].[HH].[HH].[HH].[HH].[HH].[HH].[HH].[HH].[HH].[HH].[HH].[HH].[HH].[HH].[HH].[HH].[HH].[HH].[HH].[HH].[HH].[HH].[HH].[HH].[HH].[HH].[HH].[HH].[HH].[HH].[HH].[HH].[HH].[HH].[HH].[HH].[HH].[HH].[HH].[HH].[HH].[HH].[HH].[HH].[HH].[HH].[HH].[HH].[HH].[HH].[HH].[HH].[HH].[HH].[HH].[HH].[HH].[HH].[HH].[HH].[HH].[HH].[HH].[HH].[HH].[HH].[HH].[HH].[HH].[HH].[HH].[HH].[HH].[HH].[HH].[HH].[HH].[HH].[HH].[HH].[HH].[HH].[HH].[HH].[HH].[HH].[HH].[HH].[HH].[HH].[HH].[HH].[HH].[HH].[HH].[HH].[HH].[HH].[HH].[HH].[HH].[HH].[HH].[HH].[HH].[HH].[HH].[HH].[HH].[HH]. The van der Waals surface area contributed by atoms with Crippen LogP contribution in [0.5, 0.6) is 23.1 Å². The Kier molecular flexibility index (Phi) is 10.5. The van der Waals surface area contributed by atoms with Gasteiger partial charge in [-0.15, -0.1) is 0 Å². The van der Waals surface area contributed by atoms with Gasteiger partial charge in [0.1, 0.15) is 11.3 Å². The number of hydrogen-bond donors (Lipinski definition) is 1. The molecule has 0 radical (unpaired) electrons. The molecular weight excluding hydrogens is 555 g/mol. The maximum Gasteiger partial charge on any atom is 0.416 e. The minimum Gasteiger partial charge on any atom is -0.493 e. The summed E-state index contributed by atoms with van der Waals surface area (Å²) in [5, 5.41) is 0.687. The molecule has 0 fully saturated rings. The average molecular weight is 862 g/mol. The second-order valence-electron chi connectivity index (χ2n) is 12.4. The van der Waals surface area contributed by atoms with Crippen LogP contribution in [-0.4, -0.2) is 37.3 Å². The van der Waals surface area contributed by atoms with E-state index < -0.39 is 11.7 Å². The highest BCUT2D eigenvalue weighted by molar-refractivity contribution is 6.01. The molecule has 9 heteroatoms. The molecule has 2 atom stereocenters. The first-order chi connectivity index (χ1) is 20.0. The first-order valence-electron chi connectivity index (χ1n) is 15.0. The fourth-order valence-electron chi connectivity index (χ4n) is 5.62. The zero-order valence-electron chi connectivity index (χ0n) is 27.5. The summed E-state index contributed by atoms with van der Waals surface area (Å²) in [5.41, 5.74) is 8.75. The van der Waals surface area contributed by atoms with Crippen LogP contribution in [0.3, 0.4) is 0 Å². The highest BCUT2D eigenvalue weighted by Gasteiger charge is 2.37. The van der Waals surface area contributed by atoms with Crippen molar-refractivity contribution in [3.8, 4) is 23.1 Å². The molecule has 2 unspecified atom stereocenters. The van der Waals surface area contributed by atoms with Crippen molar-refractivity contribution in [2.24, 2.45) is 17.6 Å². The average Bonchev–Trinajstić information content (AvgIpc) is 2.93. The van der Waals surface area contributed by atoms with E-state index in [1.165, 1.54) is 13.2 Å². The first-order valence-corrected chi connectivity index (χ1v) is 15.0. The lowest BCUT2D eigenvalue weighted by atomic mass is 9.79. The molecule has 0 aliphatic rings. The fraction of sp³-hybridized carbons (Fsp3) is 0.559. The molecule has 494 valence electrons. The molecule has 0 aliphatic heterocycles. The minimum atomic E-state index is -4.51. The van der Waals surface area contributed by atoms with Gasteiger partial charge in [-0.1, -0.05) is 33.8 Å². The third kappa shape index (κ3) is 6.97. The number of hydrogen-bond acceptors (Lipinski definition) is 6. The van der Waals surface area contributed by atoms with Gasteiger partial charge in [0, 0.05) is 207 Å². The molecule has 0 amide bonds. The van der Waals surface area contributed by atoms with Crippen molar-refractivity contribution in [1.29, 1.82) is 0 Å². The second-order valence-corrected chi connectivity index (χ2v) is 12.4. The lowest BCUT2D eigenvalue weighted by Gasteiger charge is -2.46. The topological polar surface area (TPSA) is 69.8 Å². The molecule has 2 aromatic carbocycles. The Morgan fingerprint density at radius 1 is 1.05 bits per heavy atom. The number of halogens is 3. The van der Waals surface area contributed by atoms with Gasteiger partial charge in [-0.2, -0.15) is 13.2 Å². The van der Waals surface area contributed by atoms with E-state index in [2.05, 4.69) is 32.6 Å². The molecule has 0 saturated heterocycles. The largest absolute Gasteiger partial charge is 0.493 e. The zero-order chi connectivity index (χ0) is 32.4. The Balaban J connectivity index is -0.00000000128. The van der Waals surface area contributed by atoms with Crippen LogP contribution in [0.15, 0.2) is 24.3 Å². The van der Waals surface area contributed by atoms with Crippen molar-refractivity contribution in [1.82, 2.24) is 4.98 Å². The molecule has 1 heterocycles. The highest BCUT2D eigenvalue weighted by Crippen LogP contribution is 2.49. The van der Waals surface area contributed by atoms with Crippen molar-refractivity contribution in [3.63, 3.8) is 0 Å². The maximum atomic E-state index is 13.7. The fourth-order valence-corrected chi connectivity index (χ4v) is 5.62. The van der Waals surface area contributed by atoms with E-state index in [0.29, 0.717) is 46.8 Å². The number of methoxy groups -OCH3 is 1. The van der Waals surface area contributed by atoms with Crippen LogP contribution in [-0.2, 0) is 12.6 Å². The van der Waals surface area contributed by atoms with Crippen LogP contribution < -0.4 is 24.8 Å². The maximum absolute atomic E-state index is 13.7. The van der Waals surface area contributed by atoms with E-state index in [1.54, 1.807) is 6.92 Å². The molecule has 3 rings (SSSR count). The van der Waals surface area contributed by atoms with Gasteiger partial charge < -0.3 is 24.8 Å². The molecule has 1 aromatic heterocycles. The van der Waals surface area contributed by atoms with Crippen LogP contribution in [0.2, 0.25) is 0 Å². The summed E-state index contributed by atoms with van der Waals surface area (Å²) >= 11 is 0. The monoisotopic (exact) mass is 861 g/mol. The van der Waals surface area contributed by atoms with Gasteiger partial charge in [-0.05, 0) is 89.1 Å². The van der Waals surface area contributed by atoms with Gasteiger partial charge in [0.25, 0.3) is 0 Å². The number of aryl methyl sites for hydroxylation is 2. The molecule has 2 N–H and O–H groups in total. The molecule has 0 saturated carbocycles. The Bertz CT molecular complexity index is 1580. The summed E-state index contributed by atoms with van der Waals surface area (Å²) in [5.74, 6) is 1.86. The summed E-state index contributed by atoms with van der Waals surface area (Å²) in [6.45, 7) is 18.9. The summed E-state index contributed by atoms with van der Waals surface area (Å²) in [7, 11) is 3.59. The van der Waals surface area contributed by atoms with Crippen molar-refractivity contribution in [2.45, 2.75) is 93.0 Å². The molecule has 0 bridgehead atoms. The summed E-state index contributed by atoms with van der Waals surface area (Å²) in [4.78, 5) is 7.30. The summed E-state index contributed by atoms with van der Waals surface area (Å²) < 4.78 is 59.5. The Labute approximate surface area is 444 Å². The van der Waals surface area contributed by atoms with Crippen molar-refractivity contribution < 1.29 is 210 Å². The number of nitrogens with zero attached hydrogens (tertiary/aromatic N) is 2. The number of pyridine rings is 1. The predicted octanol–water partition coefficient (Wildman–Crippen LogP) is 40.3. The second kappa shape index (κ2) is 13.2. The predicted molar refractivity (Wildman–Crippen MR) is 440 cm³/mol. The number of anilines is 1. The van der Waals surface area contributed by atoms with E-state index in [-0.39, 0.29) is 212 Å². The first kappa shape index (κ1) is 34.3. The number of fused-ring (bicyclic) bond motifs is 1.